The zero-order valence-corrected chi connectivity index (χ0v) is 25.8. The summed E-state index contributed by atoms with van der Waals surface area (Å²) in [5, 5.41) is 7.41. The van der Waals surface area contributed by atoms with Crippen LogP contribution in [0.4, 0.5) is 23.3 Å². The lowest BCUT2D eigenvalue weighted by atomic mass is 9.74. The fourth-order valence-electron chi connectivity index (χ4n) is 6.65. The number of anilines is 4. The number of benzene rings is 3. The van der Waals surface area contributed by atoms with Crippen LogP contribution in [0, 0.1) is 0 Å². The van der Waals surface area contributed by atoms with Crippen molar-refractivity contribution in [1.82, 2.24) is 15.3 Å². The number of fused-ring (bicyclic) bond motifs is 1. The predicted octanol–water partition coefficient (Wildman–Crippen LogP) is 5.36. The molecular formula is C35H39N7OS. The van der Waals surface area contributed by atoms with Gasteiger partial charge in [-0.3, -0.25) is 0 Å². The molecule has 4 aromatic rings. The summed E-state index contributed by atoms with van der Waals surface area (Å²) in [5.74, 6) is 2.36. The van der Waals surface area contributed by atoms with E-state index in [1.807, 2.05) is 0 Å². The van der Waals surface area contributed by atoms with Crippen molar-refractivity contribution < 1.29 is 4.74 Å². The Morgan fingerprint density at radius 2 is 1.30 bits per heavy atom. The molecule has 0 saturated carbocycles. The topological polar surface area (TPSA) is 68.8 Å². The molecule has 0 radical (unpaired) electrons. The van der Waals surface area contributed by atoms with Crippen LogP contribution < -0.4 is 25.3 Å². The molecule has 0 spiro atoms. The molecule has 2 saturated heterocycles. The summed E-state index contributed by atoms with van der Waals surface area (Å²) in [5.41, 5.74) is 5.25. The smallest absolute Gasteiger partial charge is 0.232 e. The second-order valence-electron chi connectivity index (χ2n) is 11.9. The van der Waals surface area contributed by atoms with E-state index in [-0.39, 0.29) is 5.41 Å². The number of ether oxygens (including phenoxy) is 1. The van der Waals surface area contributed by atoms with Gasteiger partial charge in [-0.2, -0.15) is 9.97 Å². The Bertz CT molecular complexity index is 1550. The number of aromatic nitrogens is 2. The van der Waals surface area contributed by atoms with Gasteiger partial charge in [0.2, 0.25) is 5.95 Å². The number of thiocarbonyl (C=S) groups is 1. The summed E-state index contributed by atoms with van der Waals surface area (Å²) in [7, 11) is 0. The third-order valence-electron chi connectivity index (χ3n) is 9.24. The molecule has 226 valence electrons. The summed E-state index contributed by atoms with van der Waals surface area (Å²) in [6, 6.07) is 32.1. The van der Waals surface area contributed by atoms with Crippen LogP contribution in [-0.2, 0) is 23.2 Å². The van der Waals surface area contributed by atoms with Gasteiger partial charge in [-0.05, 0) is 53.9 Å². The first-order valence-corrected chi connectivity index (χ1v) is 16.0. The zero-order chi connectivity index (χ0) is 29.8. The highest BCUT2D eigenvalue weighted by Crippen LogP contribution is 2.34. The summed E-state index contributed by atoms with van der Waals surface area (Å²) in [6.07, 6.45) is 1.90. The molecule has 7 rings (SSSR count). The lowest BCUT2D eigenvalue weighted by molar-refractivity contribution is 0.0515. The average Bonchev–Trinajstić information content (AvgIpc) is 3.53. The van der Waals surface area contributed by atoms with Gasteiger partial charge in [-0.1, -0.05) is 72.8 Å². The van der Waals surface area contributed by atoms with E-state index in [1.165, 1.54) is 22.4 Å². The van der Waals surface area contributed by atoms with Gasteiger partial charge in [0.25, 0.3) is 0 Å². The minimum absolute atomic E-state index is 0.0289. The minimum Gasteiger partial charge on any atom is -0.381 e. The van der Waals surface area contributed by atoms with E-state index in [4.69, 9.17) is 26.9 Å². The molecular weight excluding hydrogens is 567 g/mol. The van der Waals surface area contributed by atoms with Crippen LogP contribution in [-0.4, -0.2) is 61.0 Å². The minimum atomic E-state index is -0.0289. The van der Waals surface area contributed by atoms with E-state index in [1.54, 1.807) is 0 Å². The van der Waals surface area contributed by atoms with Crippen molar-refractivity contribution in [2.24, 2.45) is 0 Å². The maximum Gasteiger partial charge on any atom is 0.232 e. The number of para-hydroxylation sites is 1. The summed E-state index contributed by atoms with van der Waals surface area (Å²) in [6.45, 7) is 7.53. The first-order chi connectivity index (χ1) is 21.6. The average molecular weight is 606 g/mol. The van der Waals surface area contributed by atoms with Gasteiger partial charge < -0.3 is 30.1 Å². The van der Waals surface area contributed by atoms with Crippen LogP contribution in [0.3, 0.4) is 0 Å². The number of rotatable bonds is 7. The highest BCUT2D eigenvalue weighted by atomic mass is 32.1. The van der Waals surface area contributed by atoms with Crippen LogP contribution >= 0.6 is 12.2 Å². The third-order valence-corrected chi connectivity index (χ3v) is 9.48. The molecule has 3 aliphatic rings. The molecule has 0 amide bonds. The van der Waals surface area contributed by atoms with Crippen molar-refractivity contribution in [3.63, 3.8) is 0 Å². The normalized spacial score (nSPS) is 17.7. The molecule has 4 heterocycles. The molecule has 1 aromatic heterocycles. The molecule has 3 aromatic carbocycles. The fraction of sp³-hybridized carbons (Fsp3) is 0.343. The Kier molecular flexibility index (Phi) is 8.31. The molecule has 3 aliphatic heterocycles. The zero-order valence-electron chi connectivity index (χ0n) is 25.0. The Morgan fingerprint density at radius 3 is 1.95 bits per heavy atom. The van der Waals surface area contributed by atoms with E-state index in [2.05, 4.69) is 116 Å². The van der Waals surface area contributed by atoms with E-state index in [9.17, 15) is 0 Å². The van der Waals surface area contributed by atoms with Crippen molar-refractivity contribution >= 4 is 40.6 Å². The van der Waals surface area contributed by atoms with Gasteiger partial charge in [-0.15, -0.1) is 0 Å². The summed E-state index contributed by atoms with van der Waals surface area (Å²) in [4.78, 5) is 17.1. The lowest BCUT2D eigenvalue weighted by Gasteiger charge is -2.38. The second-order valence-corrected chi connectivity index (χ2v) is 12.3. The first kappa shape index (κ1) is 28.6. The van der Waals surface area contributed by atoms with Crippen LogP contribution in [0.1, 0.15) is 29.5 Å². The highest BCUT2D eigenvalue weighted by Gasteiger charge is 2.34. The van der Waals surface area contributed by atoms with Crippen LogP contribution in [0.5, 0.6) is 0 Å². The maximum atomic E-state index is 5.84. The molecule has 8 nitrogen and oxygen atoms in total. The van der Waals surface area contributed by atoms with Gasteiger partial charge in [0.15, 0.2) is 5.11 Å². The Hall–Kier alpha value is -4.21. The molecule has 0 aliphatic carbocycles. The number of hydrogen-bond donors (Lipinski definition) is 2. The Morgan fingerprint density at radius 1 is 0.727 bits per heavy atom. The third kappa shape index (κ3) is 6.21. The quantitative estimate of drug-likeness (QED) is 0.271. The molecule has 2 N–H and O–H groups in total. The summed E-state index contributed by atoms with van der Waals surface area (Å²) >= 11 is 5.84. The first-order valence-electron chi connectivity index (χ1n) is 15.6. The van der Waals surface area contributed by atoms with Crippen molar-refractivity contribution in [3.05, 3.63) is 108 Å². The molecule has 44 heavy (non-hydrogen) atoms. The van der Waals surface area contributed by atoms with E-state index in [0.717, 1.165) is 83.5 Å². The standard InChI is InChI=1S/C35H39N7OS/c44-34(36-26-35(15-21-43-22-16-35)29-11-3-1-4-12-29)39-33-37-31(41-19-17-40(18-20-41)30-13-5-2-6-14-30)23-32(38-33)42-24-27-9-7-8-10-28(27)25-42/h1-14,23H,15-22,24-26H2,(H2,36,37,38,39,44). The van der Waals surface area contributed by atoms with Gasteiger partial charge >= 0.3 is 0 Å². The number of hydrogen-bond acceptors (Lipinski definition) is 7. The number of nitrogens with one attached hydrogen (secondary N) is 2. The lowest BCUT2D eigenvalue weighted by Crippen LogP contribution is -2.47. The van der Waals surface area contributed by atoms with E-state index < -0.39 is 0 Å². The van der Waals surface area contributed by atoms with Crippen molar-refractivity contribution in [2.45, 2.75) is 31.3 Å². The van der Waals surface area contributed by atoms with E-state index >= 15 is 0 Å². The van der Waals surface area contributed by atoms with Gasteiger partial charge in [0.1, 0.15) is 11.6 Å². The molecule has 0 atom stereocenters. The van der Waals surface area contributed by atoms with Crippen LogP contribution in [0.2, 0.25) is 0 Å². The van der Waals surface area contributed by atoms with Gasteiger partial charge in [-0.25, -0.2) is 0 Å². The molecule has 2 fully saturated rings. The molecule has 0 bridgehead atoms. The van der Waals surface area contributed by atoms with Crippen molar-refractivity contribution in [1.29, 1.82) is 0 Å². The Labute approximate surface area is 265 Å². The van der Waals surface area contributed by atoms with E-state index in [0.29, 0.717) is 11.1 Å². The SMILES string of the molecule is S=C(NCC1(c2ccccc2)CCOCC1)Nc1nc(N2CCN(c3ccccc3)CC2)cc(N2Cc3ccccc3C2)n1. The summed E-state index contributed by atoms with van der Waals surface area (Å²) < 4.78 is 5.73. The second kappa shape index (κ2) is 12.8. The van der Waals surface area contributed by atoms with Crippen molar-refractivity contribution in [3.8, 4) is 0 Å². The number of piperazine rings is 1. The Balaban J connectivity index is 1.09. The highest BCUT2D eigenvalue weighted by molar-refractivity contribution is 7.80. The van der Waals surface area contributed by atoms with Crippen LogP contribution in [0.25, 0.3) is 0 Å². The molecule has 9 heteroatoms. The predicted molar refractivity (Wildman–Crippen MR) is 182 cm³/mol. The number of nitrogens with zero attached hydrogens (tertiary/aromatic N) is 5. The molecule has 0 unspecified atom stereocenters. The maximum absolute atomic E-state index is 5.84. The van der Waals surface area contributed by atoms with Crippen molar-refractivity contribution in [2.75, 3.05) is 66.0 Å². The fourth-order valence-corrected chi connectivity index (χ4v) is 6.81. The van der Waals surface area contributed by atoms with Gasteiger partial charge in [0.05, 0.1) is 0 Å². The monoisotopic (exact) mass is 605 g/mol. The van der Waals surface area contributed by atoms with Gasteiger partial charge in [0, 0.05) is 76.2 Å². The largest absolute Gasteiger partial charge is 0.381 e. The van der Waals surface area contributed by atoms with Crippen LogP contribution in [0.15, 0.2) is 91.0 Å².